The Morgan fingerprint density at radius 1 is 1.00 bits per heavy atom. The zero-order chi connectivity index (χ0) is 13.8. The lowest BCUT2D eigenvalue weighted by Gasteiger charge is -2.19. The van der Waals surface area contributed by atoms with Gasteiger partial charge in [-0.3, -0.25) is 0 Å². The molecule has 0 bridgehead atoms. The molecule has 1 aromatic rings. The van der Waals surface area contributed by atoms with Crippen LogP contribution in [-0.2, 0) is 5.41 Å². The third-order valence-electron chi connectivity index (χ3n) is 5.06. The van der Waals surface area contributed by atoms with Crippen LogP contribution in [0.1, 0.15) is 75.0 Å². The van der Waals surface area contributed by atoms with Gasteiger partial charge in [-0.25, -0.2) is 8.78 Å². The van der Waals surface area contributed by atoms with Crippen LogP contribution in [0.4, 0.5) is 8.78 Å². The Kier molecular flexibility index (Phi) is 2.78. The van der Waals surface area contributed by atoms with E-state index in [1.165, 1.54) is 18.4 Å². The molecular formula is C17H22F2. The number of hydrogen-bond donors (Lipinski definition) is 0. The van der Waals surface area contributed by atoms with Gasteiger partial charge in [0.25, 0.3) is 0 Å². The van der Waals surface area contributed by atoms with Gasteiger partial charge in [0.2, 0.25) is 5.92 Å². The van der Waals surface area contributed by atoms with E-state index in [1.54, 1.807) is 0 Å². The van der Waals surface area contributed by atoms with E-state index in [9.17, 15) is 8.78 Å². The molecule has 1 fully saturated rings. The van der Waals surface area contributed by atoms with Crippen molar-refractivity contribution in [3.8, 4) is 0 Å². The molecule has 2 aliphatic rings. The third kappa shape index (κ3) is 2.30. The highest BCUT2D eigenvalue weighted by Gasteiger charge is 2.41. The first-order valence-corrected chi connectivity index (χ1v) is 7.33. The zero-order valence-electron chi connectivity index (χ0n) is 12.0. The van der Waals surface area contributed by atoms with Crippen LogP contribution >= 0.6 is 0 Å². The van der Waals surface area contributed by atoms with Crippen molar-refractivity contribution in [3.05, 3.63) is 34.9 Å². The molecule has 1 aromatic carbocycles. The molecule has 0 heterocycles. The number of halogens is 2. The Hall–Kier alpha value is -0.920. The van der Waals surface area contributed by atoms with Gasteiger partial charge in [-0.2, -0.15) is 0 Å². The summed E-state index contributed by atoms with van der Waals surface area (Å²) in [6.07, 6.45) is 2.43. The molecule has 104 valence electrons. The van der Waals surface area contributed by atoms with Crippen LogP contribution in [0.3, 0.4) is 0 Å². The monoisotopic (exact) mass is 264 g/mol. The molecule has 2 unspecified atom stereocenters. The van der Waals surface area contributed by atoms with E-state index in [2.05, 4.69) is 25.1 Å². The second kappa shape index (κ2) is 4.04. The van der Waals surface area contributed by atoms with Gasteiger partial charge in [-0.05, 0) is 46.8 Å². The van der Waals surface area contributed by atoms with Gasteiger partial charge in [0.15, 0.2) is 0 Å². The summed E-state index contributed by atoms with van der Waals surface area (Å²) in [6, 6.07) is 6.49. The highest BCUT2D eigenvalue weighted by atomic mass is 19.3. The average Bonchev–Trinajstić information content (AvgIpc) is 3.06. The molecule has 1 saturated carbocycles. The molecular weight excluding hydrogens is 242 g/mol. The summed E-state index contributed by atoms with van der Waals surface area (Å²) >= 11 is 0. The summed E-state index contributed by atoms with van der Waals surface area (Å²) in [5.74, 6) is -2.62. The van der Waals surface area contributed by atoms with Crippen LogP contribution in [-0.4, -0.2) is 5.92 Å². The van der Waals surface area contributed by atoms with Gasteiger partial charge >= 0.3 is 0 Å². The van der Waals surface area contributed by atoms with Gasteiger partial charge in [-0.15, -0.1) is 0 Å². The van der Waals surface area contributed by atoms with Crippen molar-refractivity contribution >= 4 is 0 Å². The molecule has 19 heavy (non-hydrogen) atoms. The predicted molar refractivity (Wildman–Crippen MR) is 74.0 cm³/mol. The van der Waals surface area contributed by atoms with E-state index >= 15 is 0 Å². The number of rotatable bonds is 1. The van der Waals surface area contributed by atoms with Crippen molar-refractivity contribution in [2.24, 2.45) is 0 Å². The Bertz CT molecular complexity index is 500. The summed E-state index contributed by atoms with van der Waals surface area (Å²) in [6.45, 7) is 6.15. The van der Waals surface area contributed by atoms with Gasteiger partial charge in [0.1, 0.15) is 0 Å². The second-order valence-corrected chi connectivity index (χ2v) is 6.97. The van der Waals surface area contributed by atoms with E-state index in [1.807, 2.05) is 13.8 Å². The van der Waals surface area contributed by atoms with Crippen LogP contribution in [0.25, 0.3) is 0 Å². The lowest BCUT2D eigenvalue weighted by molar-refractivity contribution is -0.0231. The molecule has 0 radical (unpaired) electrons. The molecule has 0 aliphatic heterocycles. The van der Waals surface area contributed by atoms with Crippen molar-refractivity contribution in [1.29, 1.82) is 0 Å². The fourth-order valence-corrected chi connectivity index (χ4v) is 3.50. The minimum absolute atomic E-state index is 0.00942. The zero-order valence-corrected chi connectivity index (χ0v) is 12.0. The molecule has 0 nitrogen and oxygen atoms in total. The topological polar surface area (TPSA) is 0 Å². The minimum Gasteiger partial charge on any atom is -0.207 e. The van der Waals surface area contributed by atoms with Gasteiger partial charge in [-0.1, -0.05) is 39.0 Å². The first-order valence-electron chi connectivity index (χ1n) is 7.33. The maximum atomic E-state index is 13.9. The number of alkyl halides is 2. The van der Waals surface area contributed by atoms with Crippen LogP contribution in [0.15, 0.2) is 18.2 Å². The van der Waals surface area contributed by atoms with Crippen molar-refractivity contribution < 1.29 is 8.78 Å². The molecule has 2 atom stereocenters. The number of fused-ring (bicyclic) bond motifs is 1. The molecule has 0 aromatic heterocycles. The van der Waals surface area contributed by atoms with Gasteiger partial charge in [0.05, 0.1) is 0 Å². The predicted octanol–water partition coefficient (Wildman–Crippen LogP) is 5.37. The molecule has 2 aliphatic carbocycles. The molecule has 2 heteroatoms. The SMILES string of the molecule is CC1CC(F)(F)CC(C)c2cc(C3(C)CC3)ccc21. The van der Waals surface area contributed by atoms with Gasteiger partial charge < -0.3 is 0 Å². The lowest BCUT2D eigenvalue weighted by atomic mass is 9.86. The molecule has 3 rings (SSSR count). The van der Waals surface area contributed by atoms with Crippen LogP contribution in [0.2, 0.25) is 0 Å². The van der Waals surface area contributed by atoms with Crippen molar-refractivity contribution in [3.63, 3.8) is 0 Å². The molecule has 0 amide bonds. The highest BCUT2D eigenvalue weighted by Crippen LogP contribution is 2.50. The van der Waals surface area contributed by atoms with Crippen LogP contribution in [0.5, 0.6) is 0 Å². The largest absolute Gasteiger partial charge is 0.249 e. The van der Waals surface area contributed by atoms with Crippen LogP contribution < -0.4 is 0 Å². The standard InChI is InChI=1S/C17H22F2/c1-11-9-17(18,19)10-12(2)15-8-13(4-5-14(11)15)16(3)6-7-16/h4-5,8,11-12H,6-7,9-10H2,1-3H3. The Morgan fingerprint density at radius 3 is 2.16 bits per heavy atom. The van der Waals surface area contributed by atoms with E-state index in [0.29, 0.717) is 5.41 Å². The first kappa shape index (κ1) is 13.1. The van der Waals surface area contributed by atoms with Gasteiger partial charge in [0, 0.05) is 12.8 Å². The minimum atomic E-state index is -2.53. The number of benzene rings is 1. The molecule has 0 spiro atoms. The van der Waals surface area contributed by atoms with E-state index < -0.39 is 5.92 Å². The van der Waals surface area contributed by atoms with E-state index in [0.717, 1.165) is 11.1 Å². The first-order chi connectivity index (χ1) is 8.81. The van der Waals surface area contributed by atoms with Crippen molar-refractivity contribution in [2.75, 3.05) is 0 Å². The summed E-state index contributed by atoms with van der Waals surface area (Å²) in [4.78, 5) is 0. The fraction of sp³-hybridized carbons (Fsp3) is 0.647. The molecule has 0 N–H and O–H groups in total. The maximum Gasteiger partial charge on any atom is 0.249 e. The average molecular weight is 264 g/mol. The smallest absolute Gasteiger partial charge is 0.207 e. The van der Waals surface area contributed by atoms with E-state index in [-0.39, 0.29) is 24.7 Å². The van der Waals surface area contributed by atoms with Crippen molar-refractivity contribution in [1.82, 2.24) is 0 Å². The summed E-state index contributed by atoms with van der Waals surface area (Å²) in [5.41, 5.74) is 3.95. The maximum absolute atomic E-state index is 13.9. The summed E-state index contributed by atoms with van der Waals surface area (Å²) < 4.78 is 27.8. The third-order valence-corrected chi connectivity index (χ3v) is 5.06. The Labute approximate surface area is 114 Å². The molecule has 0 saturated heterocycles. The summed E-state index contributed by atoms with van der Waals surface area (Å²) in [5, 5.41) is 0. The normalized spacial score (nSPS) is 31.4. The quantitative estimate of drug-likeness (QED) is 0.598. The second-order valence-electron chi connectivity index (χ2n) is 6.97. The summed E-state index contributed by atoms with van der Waals surface area (Å²) in [7, 11) is 0. The highest BCUT2D eigenvalue weighted by molar-refractivity contribution is 5.42. The fourth-order valence-electron chi connectivity index (χ4n) is 3.50. The lowest BCUT2D eigenvalue weighted by Crippen LogP contribution is -2.18. The van der Waals surface area contributed by atoms with Crippen LogP contribution in [0, 0.1) is 0 Å². The Morgan fingerprint density at radius 2 is 1.58 bits per heavy atom. The van der Waals surface area contributed by atoms with E-state index in [4.69, 9.17) is 0 Å². The Balaban J connectivity index is 2.04. The number of hydrogen-bond acceptors (Lipinski definition) is 0. The van der Waals surface area contributed by atoms with Crippen molar-refractivity contribution in [2.45, 2.75) is 69.6 Å².